The molecule has 0 radical (unpaired) electrons. The Morgan fingerprint density at radius 3 is 2.95 bits per heavy atom. The number of hydrogen-bond donors (Lipinski definition) is 0. The molecular formula is C12H17ClN4O2S2. The average Bonchev–Trinajstić information content (AvgIpc) is 2.98. The minimum Gasteiger partial charge on any atom is -0.301 e. The Kier molecular flexibility index (Phi) is 4.00. The van der Waals surface area contributed by atoms with E-state index in [1.807, 2.05) is 7.05 Å². The summed E-state index contributed by atoms with van der Waals surface area (Å²) in [5, 5.41) is 1.94. The standard InChI is InChI=1S/C12H17ClN4O2S2/c1-3-9-8-16(5-4-15(9)2)21(18,19)11-10(13)14-12-17(11)6-7-20-12/h6-7,9H,3-5,8H2,1-2H3. The zero-order valence-corrected chi connectivity index (χ0v) is 14.2. The number of thiazole rings is 1. The molecule has 3 heterocycles. The summed E-state index contributed by atoms with van der Waals surface area (Å²) in [6, 6.07) is 0.234. The molecule has 1 fully saturated rings. The van der Waals surface area contributed by atoms with Gasteiger partial charge in [-0.2, -0.15) is 4.31 Å². The van der Waals surface area contributed by atoms with E-state index in [2.05, 4.69) is 16.8 Å². The molecule has 1 atom stereocenters. The molecule has 1 unspecified atom stereocenters. The minimum atomic E-state index is -3.63. The van der Waals surface area contributed by atoms with Crippen LogP contribution in [0.1, 0.15) is 13.3 Å². The average molecular weight is 349 g/mol. The van der Waals surface area contributed by atoms with Crippen LogP contribution in [0.5, 0.6) is 0 Å². The number of likely N-dealkylation sites (N-methyl/N-ethyl adjacent to an activating group) is 1. The number of piperazine rings is 1. The van der Waals surface area contributed by atoms with Gasteiger partial charge >= 0.3 is 0 Å². The van der Waals surface area contributed by atoms with Gasteiger partial charge in [-0.3, -0.25) is 4.40 Å². The van der Waals surface area contributed by atoms with E-state index in [4.69, 9.17) is 11.6 Å². The first-order valence-corrected chi connectivity index (χ1v) is 9.46. The van der Waals surface area contributed by atoms with Crippen molar-refractivity contribution in [3.8, 4) is 0 Å². The molecule has 0 amide bonds. The second kappa shape index (κ2) is 5.51. The molecule has 0 aliphatic carbocycles. The molecule has 21 heavy (non-hydrogen) atoms. The van der Waals surface area contributed by atoms with Crippen LogP contribution in [0.25, 0.3) is 4.96 Å². The highest BCUT2D eigenvalue weighted by Gasteiger charge is 2.35. The van der Waals surface area contributed by atoms with Gasteiger partial charge in [-0.05, 0) is 13.5 Å². The van der Waals surface area contributed by atoms with Gasteiger partial charge < -0.3 is 4.90 Å². The van der Waals surface area contributed by atoms with E-state index >= 15 is 0 Å². The SMILES string of the molecule is CCC1CN(S(=O)(=O)c2c(Cl)nc3sccn23)CCN1C. The Morgan fingerprint density at radius 2 is 2.24 bits per heavy atom. The topological polar surface area (TPSA) is 57.9 Å². The molecule has 0 saturated carbocycles. The molecule has 2 aromatic heterocycles. The van der Waals surface area contributed by atoms with Gasteiger partial charge in [0.2, 0.25) is 0 Å². The zero-order valence-electron chi connectivity index (χ0n) is 11.9. The lowest BCUT2D eigenvalue weighted by Crippen LogP contribution is -2.53. The quantitative estimate of drug-likeness (QED) is 0.848. The lowest BCUT2D eigenvalue weighted by atomic mass is 10.1. The first kappa shape index (κ1) is 15.2. The summed E-state index contributed by atoms with van der Waals surface area (Å²) in [5.74, 6) is 0. The molecule has 6 nitrogen and oxygen atoms in total. The molecule has 1 aliphatic heterocycles. The van der Waals surface area contributed by atoms with Crippen molar-refractivity contribution in [2.24, 2.45) is 0 Å². The van der Waals surface area contributed by atoms with Crippen LogP contribution in [0, 0.1) is 0 Å². The predicted octanol–water partition coefficient (Wildman–Crippen LogP) is 1.76. The van der Waals surface area contributed by atoms with E-state index in [0.29, 0.717) is 18.1 Å². The van der Waals surface area contributed by atoms with E-state index in [9.17, 15) is 8.42 Å². The van der Waals surface area contributed by atoms with Crippen LogP contribution in [0.3, 0.4) is 0 Å². The molecule has 9 heteroatoms. The van der Waals surface area contributed by atoms with Crippen LogP contribution in [0.15, 0.2) is 16.6 Å². The first-order chi connectivity index (χ1) is 9.95. The fourth-order valence-electron chi connectivity index (χ4n) is 2.67. The monoisotopic (exact) mass is 348 g/mol. The van der Waals surface area contributed by atoms with Crippen LogP contribution >= 0.6 is 22.9 Å². The molecule has 2 aromatic rings. The van der Waals surface area contributed by atoms with E-state index in [0.717, 1.165) is 13.0 Å². The van der Waals surface area contributed by atoms with E-state index in [-0.39, 0.29) is 16.2 Å². The van der Waals surface area contributed by atoms with Gasteiger partial charge in [0, 0.05) is 37.3 Å². The molecule has 1 saturated heterocycles. The number of imidazole rings is 1. The normalized spacial score (nSPS) is 22.1. The van der Waals surface area contributed by atoms with Crippen molar-refractivity contribution in [1.82, 2.24) is 18.6 Å². The maximum Gasteiger partial charge on any atom is 0.262 e. The largest absolute Gasteiger partial charge is 0.301 e. The van der Waals surface area contributed by atoms with Gasteiger partial charge in [-0.25, -0.2) is 13.4 Å². The van der Waals surface area contributed by atoms with Crippen molar-refractivity contribution in [2.45, 2.75) is 24.4 Å². The van der Waals surface area contributed by atoms with Crippen LogP contribution < -0.4 is 0 Å². The lowest BCUT2D eigenvalue weighted by molar-refractivity contribution is 0.144. The second-order valence-corrected chi connectivity index (χ2v) is 8.25. The Morgan fingerprint density at radius 1 is 1.48 bits per heavy atom. The van der Waals surface area contributed by atoms with Crippen LogP contribution in [0.2, 0.25) is 5.15 Å². The summed E-state index contributed by atoms with van der Waals surface area (Å²) in [7, 11) is -1.60. The van der Waals surface area contributed by atoms with Crippen molar-refractivity contribution in [3.05, 3.63) is 16.7 Å². The molecular weight excluding hydrogens is 332 g/mol. The van der Waals surface area contributed by atoms with Gasteiger partial charge in [0.25, 0.3) is 10.0 Å². The summed E-state index contributed by atoms with van der Waals surface area (Å²) < 4.78 is 28.9. The molecule has 116 valence electrons. The third-order valence-electron chi connectivity index (χ3n) is 3.97. The highest BCUT2D eigenvalue weighted by Crippen LogP contribution is 2.29. The van der Waals surface area contributed by atoms with Crippen molar-refractivity contribution in [3.63, 3.8) is 0 Å². The third-order valence-corrected chi connectivity index (χ3v) is 7.00. The van der Waals surface area contributed by atoms with Gasteiger partial charge in [-0.1, -0.05) is 18.5 Å². The molecule has 0 N–H and O–H groups in total. The molecule has 1 aliphatic rings. The van der Waals surface area contributed by atoms with Gasteiger partial charge in [0.05, 0.1) is 0 Å². The third kappa shape index (κ3) is 2.49. The van der Waals surface area contributed by atoms with Crippen LogP contribution in [0.4, 0.5) is 0 Å². The number of hydrogen-bond acceptors (Lipinski definition) is 5. The Hall–Kier alpha value is -0.670. The van der Waals surface area contributed by atoms with Crippen molar-refractivity contribution >= 4 is 37.9 Å². The van der Waals surface area contributed by atoms with Gasteiger partial charge in [0.15, 0.2) is 15.1 Å². The highest BCUT2D eigenvalue weighted by molar-refractivity contribution is 7.89. The van der Waals surface area contributed by atoms with Crippen LogP contribution in [-0.2, 0) is 10.0 Å². The smallest absolute Gasteiger partial charge is 0.262 e. The zero-order chi connectivity index (χ0) is 15.2. The maximum atomic E-state index is 12.9. The number of nitrogens with zero attached hydrogens (tertiary/aromatic N) is 4. The molecule has 0 spiro atoms. The number of rotatable bonds is 3. The number of aromatic nitrogens is 2. The predicted molar refractivity (Wildman–Crippen MR) is 83.5 cm³/mol. The Labute approximate surface area is 133 Å². The summed E-state index contributed by atoms with van der Waals surface area (Å²) in [4.78, 5) is 6.91. The lowest BCUT2D eigenvalue weighted by Gasteiger charge is -2.38. The van der Waals surface area contributed by atoms with E-state index in [1.54, 1.807) is 16.0 Å². The van der Waals surface area contributed by atoms with Crippen molar-refractivity contribution in [2.75, 3.05) is 26.7 Å². The number of fused-ring (bicyclic) bond motifs is 1. The molecule has 0 aromatic carbocycles. The molecule has 3 rings (SSSR count). The highest BCUT2D eigenvalue weighted by atomic mass is 35.5. The second-order valence-electron chi connectivity index (χ2n) is 5.17. The summed E-state index contributed by atoms with van der Waals surface area (Å²) in [5.41, 5.74) is 0. The number of halogens is 1. The Balaban J connectivity index is 2.00. The van der Waals surface area contributed by atoms with Gasteiger partial charge in [-0.15, -0.1) is 11.3 Å². The summed E-state index contributed by atoms with van der Waals surface area (Å²) >= 11 is 7.44. The minimum absolute atomic E-state index is 0.0498. The maximum absolute atomic E-state index is 12.9. The van der Waals surface area contributed by atoms with Crippen LogP contribution in [-0.4, -0.2) is 59.7 Å². The summed E-state index contributed by atoms with van der Waals surface area (Å²) in [6.45, 7) is 3.76. The van der Waals surface area contributed by atoms with E-state index < -0.39 is 10.0 Å². The van der Waals surface area contributed by atoms with Gasteiger partial charge in [0.1, 0.15) is 0 Å². The molecule has 0 bridgehead atoms. The van der Waals surface area contributed by atoms with E-state index in [1.165, 1.54) is 15.6 Å². The first-order valence-electron chi connectivity index (χ1n) is 6.76. The van der Waals surface area contributed by atoms with Crippen molar-refractivity contribution < 1.29 is 8.42 Å². The van der Waals surface area contributed by atoms with Crippen molar-refractivity contribution in [1.29, 1.82) is 0 Å². The fourth-order valence-corrected chi connectivity index (χ4v) is 5.54. The summed E-state index contributed by atoms with van der Waals surface area (Å²) in [6.07, 6.45) is 2.61. The fraction of sp³-hybridized carbons (Fsp3) is 0.583. The Bertz CT molecular complexity index is 754. The number of sulfonamides is 1.